The lowest BCUT2D eigenvalue weighted by molar-refractivity contribution is -0.137. The fourth-order valence-corrected chi connectivity index (χ4v) is 1.77. The van der Waals surface area contributed by atoms with Crippen molar-refractivity contribution in [3.63, 3.8) is 0 Å². The van der Waals surface area contributed by atoms with Crippen molar-refractivity contribution >= 4 is 17.3 Å². The van der Waals surface area contributed by atoms with Crippen LogP contribution in [0.3, 0.4) is 0 Å². The van der Waals surface area contributed by atoms with Crippen LogP contribution in [0.25, 0.3) is 0 Å². The van der Waals surface area contributed by atoms with Crippen LogP contribution in [-0.2, 0) is 11.0 Å². The Labute approximate surface area is 105 Å². The van der Waals surface area contributed by atoms with Gasteiger partial charge in [-0.1, -0.05) is 5.16 Å². The zero-order valence-corrected chi connectivity index (χ0v) is 9.72. The molecule has 98 valence electrons. The molecule has 0 fully saturated rings. The summed E-state index contributed by atoms with van der Waals surface area (Å²) in [6.45, 7) is 0. The minimum atomic E-state index is -4.59. The van der Waals surface area contributed by atoms with E-state index in [1.807, 2.05) is 0 Å². The Morgan fingerprint density at radius 2 is 2.06 bits per heavy atom. The smallest absolute Gasteiger partial charge is 0.391 e. The summed E-state index contributed by atoms with van der Waals surface area (Å²) in [4.78, 5) is 4.89. The minimum Gasteiger partial charge on any atom is -0.391 e. The van der Waals surface area contributed by atoms with Crippen LogP contribution < -0.4 is 0 Å². The predicted molar refractivity (Wildman–Crippen MR) is 58.1 cm³/mol. The van der Waals surface area contributed by atoms with Crippen LogP contribution in [0, 0.1) is 5.82 Å². The molecule has 0 amide bonds. The van der Waals surface area contributed by atoms with Gasteiger partial charge >= 0.3 is 6.18 Å². The van der Waals surface area contributed by atoms with E-state index < -0.39 is 17.6 Å². The molecule has 18 heavy (non-hydrogen) atoms. The number of rotatable bonds is 2. The van der Waals surface area contributed by atoms with Crippen molar-refractivity contribution in [3.8, 4) is 0 Å². The van der Waals surface area contributed by atoms with E-state index in [9.17, 15) is 17.6 Å². The van der Waals surface area contributed by atoms with Crippen molar-refractivity contribution in [2.24, 2.45) is 5.16 Å². The summed E-state index contributed by atoms with van der Waals surface area (Å²) >= 11 is 5.54. The first-order valence-electron chi connectivity index (χ1n) is 5.07. The molecule has 2 rings (SSSR count). The molecule has 0 radical (unpaired) electrons. The molecule has 0 aromatic heterocycles. The third-order valence-electron chi connectivity index (χ3n) is 2.46. The van der Waals surface area contributed by atoms with Gasteiger partial charge in [0.15, 0.2) is 0 Å². The van der Waals surface area contributed by atoms with E-state index in [1.54, 1.807) is 0 Å². The van der Waals surface area contributed by atoms with Gasteiger partial charge in [-0.25, -0.2) is 4.39 Å². The van der Waals surface area contributed by atoms with Gasteiger partial charge in [0, 0.05) is 12.0 Å². The summed E-state index contributed by atoms with van der Waals surface area (Å²) in [7, 11) is 0. The highest BCUT2D eigenvalue weighted by Crippen LogP contribution is 2.31. The highest BCUT2D eigenvalue weighted by atomic mass is 35.5. The standard InChI is InChI=1S/C11H8ClF4NO/c12-5-9-4-10(17-18-9)6-1-7(11(14,15)16)3-8(13)2-6/h1-3,9H,4-5H2. The first-order valence-corrected chi connectivity index (χ1v) is 5.60. The second kappa shape index (κ2) is 4.76. The van der Waals surface area contributed by atoms with Crippen LogP contribution in [0.4, 0.5) is 17.6 Å². The van der Waals surface area contributed by atoms with Crippen LogP contribution in [0.1, 0.15) is 17.5 Å². The second-order valence-electron chi connectivity index (χ2n) is 3.85. The Morgan fingerprint density at radius 1 is 1.33 bits per heavy atom. The van der Waals surface area contributed by atoms with E-state index in [-0.39, 0.29) is 29.7 Å². The van der Waals surface area contributed by atoms with E-state index in [0.717, 1.165) is 12.1 Å². The van der Waals surface area contributed by atoms with Crippen LogP contribution in [-0.4, -0.2) is 17.7 Å². The van der Waals surface area contributed by atoms with Gasteiger partial charge in [-0.3, -0.25) is 0 Å². The molecule has 7 heteroatoms. The summed E-state index contributed by atoms with van der Waals surface area (Å²) in [5, 5.41) is 3.62. The molecule has 1 heterocycles. The molecule has 2 nitrogen and oxygen atoms in total. The van der Waals surface area contributed by atoms with Crippen LogP contribution in [0.2, 0.25) is 0 Å². The molecule has 1 aromatic carbocycles. The second-order valence-corrected chi connectivity index (χ2v) is 4.16. The SMILES string of the molecule is Fc1cc(C2=NOC(CCl)C2)cc(C(F)(F)F)c1. The van der Waals surface area contributed by atoms with E-state index >= 15 is 0 Å². The van der Waals surface area contributed by atoms with Crippen LogP contribution in [0.5, 0.6) is 0 Å². The van der Waals surface area contributed by atoms with Crippen LogP contribution in [0.15, 0.2) is 23.4 Å². The maximum atomic E-state index is 13.2. The monoisotopic (exact) mass is 281 g/mol. The molecule has 0 bridgehead atoms. The fraction of sp³-hybridized carbons (Fsp3) is 0.364. The number of hydrogen-bond acceptors (Lipinski definition) is 2. The van der Waals surface area contributed by atoms with Gasteiger partial charge in [0.05, 0.1) is 17.2 Å². The van der Waals surface area contributed by atoms with Crippen molar-refractivity contribution in [1.82, 2.24) is 0 Å². The van der Waals surface area contributed by atoms with Gasteiger partial charge in [-0.05, 0) is 18.2 Å². The van der Waals surface area contributed by atoms with Crippen molar-refractivity contribution in [3.05, 3.63) is 35.1 Å². The molecule has 1 aromatic rings. The zero-order valence-electron chi connectivity index (χ0n) is 8.97. The summed E-state index contributed by atoms with van der Waals surface area (Å²) in [5.74, 6) is -0.786. The fourth-order valence-electron chi connectivity index (χ4n) is 1.60. The molecular formula is C11H8ClF4NO. The van der Waals surface area contributed by atoms with Gasteiger partial charge in [-0.2, -0.15) is 13.2 Å². The molecule has 0 N–H and O–H groups in total. The first-order chi connectivity index (χ1) is 8.40. The van der Waals surface area contributed by atoms with Gasteiger partial charge in [0.2, 0.25) is 0 Å². The van der Waals surface area contributed by atoms with Crippen molar-refractivity contribution in [2.45, 2.75) is 18.7 Å². The van der Waals surface area contributed by atoms with Crippen molar-refractivity contribution in [1.29, 1.82) is 0 Å². The molecule has 1 unspecified atom stereocenters. The Hall–Kier alpha value is -1.30. The maximum absolute atomic E-state index is 13.2. The lowest BCUT2D eigenvalue weighted by atomic mass is 10.0. The Bertz CT molecular complexity index is 486. The number of halogens is 5. The van der Waals surface area contributed by atoms with E-state index in [4.69, 9.17) is 16.4 Å². The van der Waals surface area contributed by atoms with Crippen molar-refractivity contribution in [2.75, 3.05) is 5.88 Å². The summed E-state index contributed by atoms with van der Waals surface area (Å²) in [6, 6.07) is 2.29. The van der Waals surface area contributed by atoms with Gasteiger partial charge < -0.3 is 4.84 Å². The van der Waals surface area contributed by atoms with Crippen molar-refractivity contribution < 1.29 is 22.4 Å². The summed E-state index contributed by atoms with van der Waals surface area (Å²) in [6.07, 6.45) is -4.70. The quantitative estimate of drug-likeness (QED) is 0.600. The predicted octanol–water partition coefficient (Wildman–Crippen LogP) is 3.58. The molecule has 0 aliphatic carbocycles. The maximum Gasteiger partial charge on any atom is 0.416 e. The van der Waals surface area contributed by atoms with Gasteiger partial charge in [0.1, 0.15) is 11.9 Å². The number of alkyl halides is 4. The number of oxime groups is 1. The van der Waals surface area contributed by atoms with E-state index in [1.165, 1.54) is 0 Å². The lowest BCUT2D eigenvalue weighted by Crippen LogP contribution is -2.11. The number of hydrogen-bond donors (Lipinski definition) is 0. The molecule has 0 spiro atoms. The Kier molecular flexibility index (Phi) is 3.47. The largest absolute Gasteiger partial charge is 0.416 e. The average molecular weight is 282 g/mol. The zero-order chi connectivity index (χ0) is 13.3. The van der Waals surface area contributed by atoms with E-state index in [2.05, 4.69) is 5.16 Å². The van der Waals surface area contributed by atoms with Gasteiger partial charge in [-0.15, -0.1) is 11.6 Å². The first kappa shape index (κ1) is 13.1. The molecule has 1 aliphatic rings. The normalized spacial score (nSPS) is 19.6. The average Bonchev–Trinajstić information content (AvgIpc) is 2.75. The summed E-state index contributed by atoms with van der Waals surface area (Å²) < 4.78 is 50.7. The Balaban J connectivity index is 2.32. The summed E-state index contributed by atoms with van der Waals surface area (Å²) in [5.41, 5.74) is -0.713. The molecule has 0 saturated heterocycles. The molecular weight excluding hydrogens is 274 g/mol. The topological polar surface area (TPSA) is 21.6 Å². The molecule has 0 saturated carbocycles. The minimum absolute atomic E-state index is 0.0648. The van der Waals surface area contributed by atoms with Gasteiger partial charge in [0.25, 0.3) is 0 Å². The third kappa shape index (κ3) is 2.75. The lowest BCUT2D eigenvalue weighted by Gasteiger charge is -2.09. The highest BCUT2D eigenvalue weighted by molar-refractivity contribution is 6.18. The number of benzene rings is 1. The molecule has 1 atom stereocenters. The third-order valence-corrected chi connectivity index (χ3v) is 2.81. The van der Waals surface area contributed by atoms with Crippen LogP contribution >= 0.6 is 11.6 Å². The molecule has 1 aliphatic heterocycles. The highest BCUT2D eigenvalue weighted by Gasteiger charge is 2.32. The number of nitrogens with zero attached hydrogens (tertiary/aromatic N) is 1. The van der Waals surface area contributed by atoms with E-state index in [0.29, 0.717) is 6.07 Å². The Morgan fingerprint density at radius 3 is 2.61 bits per heavy atom.